The van der Waals surface area contributed by atoms with E-state index in [4.69, 9.17) is 14.2 Å². The number of nitrogens with zero attached hydrogens (tertiary/aromatic N) is 4. The van der Waals surface area contributed by atoms with E-state index in [1.54, 1.807) is 42.3 Å². The van der Waals surface area contributed by atoms with E-state index in [9.17, 15) is 19.2 Å². The Morgan fingerprint density at radius 2 is 1.58 bits per heavy atom. The van der Waals surface area contributed by atoms with Crippen LogP contribution in [0, 0.1) is 6.92 Å². The molecule has 12 nitrogen and oxygen atoms in total. The largest absolute Gasteiger partial charge is 0.495 e. The highest BCUT2D eigenvalue weighted by Gasteiger charge is 2.30. The number of aryl methyl sites for hydroxylation is 1. The van der Waals surface area contributed by atoms with Crippen LogP contribution in [0.1, 0.15) is 78.3 Å². The van der Waals surface area contributed by atoms with Gasteiger partial charge in [0, 0.05) is 57.3 Å². The molecule has 3 aromatic carbocycles. The van der Waals surface area contributed by atoms with E-state index in [0.29, 0.717) is 65.7 Å². The molecule has 1 N–H and O–H groups in total. The summed E-state index contributed by atoms with van der Waals surface area (Å²) in [5, 5.41) is 2.89. The third-order valence-corrected chi connectivity index (χ3v) is 9.48. The van der Waals surface area contributed by atoms with Gasteiger partial charge in [0.25, 0.3) is 11.8 Å². The maximum Gasteiger partial charge on any atom is 0.414 e. The quantitative estimate of drug-likeness (QED) is 0.209. The maximum absolute atomic E-state index is 13.8. The Balaban J connectivity index is 1.19. The molecular formula is C41H53N5O7. The highest BCUT2D eigenvalue weighted by atomic mass is 16.6. The number of methoxy groups -OCH3 is 1. The number of benzene rings is 3. The van der Waals surface area contributed by atoms with Crippen LogP contribution in [-0.4, -0.2) is 99.8 Å². The lowest BCUT2D eigenvalue weighted by Gasteiger charge is -2.32. The molecule has 0 aliphatic carbocycles. The zero-order valence-corrected chi connectivity index (χ0v) is 32.1. The lowest BCUT2D eigenvalue weighted by molar-refractivity contribution is -0.132. The van der Waals surface area contributed by atoms with Gasteiger partial charge in [-0.25, -0.2) is 4.79 Å². The molecule has 5 rings (SSSR count). The summed E-state index contributed by atoms with van der Waals surface area (Å²) < 4.78 is 17.4. The number of hydrogen-bond acceptors (Lipinski definition) is 8. The topological polar surface area (TPSA) is 121 Å². The van der Waals surface area contributed by atoms with Crippen LogP contribution < -0.4 is 24.6 Å². The van der Waals surface area contributed by atoms with E-state index in [1.807, 2.05) is 56.9 Å². The van der Waals surface area contributed by atoms with Gasteiger partial charge < -0.3 is 34.2 Å². The molecule has 2 aliphatic heterocycles. The predicted octanol–water partition coefficient (Wildman–Crippen LogP) is 6.54. The molecule has 53 heavy (non-hydrogen) atoms. The zero-order chi connectivity index (χ0) is 38.3. The molecular weight excluding hydrogens is 674 g/mol. The molecule has 0 spiro atoms. The van der Waals surface area contributed by atoms with Crippen LogP contribution in [0.2, 0.25) is 0 Å². The Labute approximate surface area is 313 Å². The number of piperazine rings is 1. The van der Waals surface area contributed by atoms with Crippen molar-refractivity contribution in [2.45, 2.75) is 65.4 Å². The Morgan fingerprint density at radius 3 is 2.30 bits per heavy atom. The van der Waals surface area contributed by atoms with Gasteiger partial charge in [0.1, 0.15) is 17.1 Å². The number of anilines is 3. The first-order valence-electron chi connectivity index (χ1n) is 18.3. The van der Waals surface area contributed by atoms with Crippen molar-refractivity contribution in [1.82, 2.24) is 9.80 Å². The first-order valence-corrected chi connectivity index (χ1v) is 18.3. The van der Waals surface area contributed by atoms with Crippen molar-refractivity contribution in [1.29, 1.82) is 0 Å². The summed E-state index contributed by atoms with van der Waals surface area (Å²) in [5.74, 6) is 0.476. The lowest BCUT2D eigenvalue weighted by atomic mass is 10.1. The van der Waals surface area contributed by atoms with Crippen molar-refractivity contribution >= 4 is 40.9 Å². The van der Waals surface area contributed by atoms with Crippen molar-refractivity contribution in [3.8, 4) is 11.5 Å². The molecule has 0 bridgehead atoms. The third-order valence-electron chi connectivity index (χ3n) is 9.48. The SMILES string of the molecule is COc1cc(C(=O)N(C)c2ccc(C)cc2OCCCCCC(=O)N2CCN(C)CC2)ccc1NC(=O)c1ccc2c(c1)N(C(=O)OC(C)(C)C)CC2. The second-order valence-electron chi connectivity index (χ2n) is 14.8. The minimum absolute atomic E-state index is 0.222. The van der Waals surface area contributed by atoms with Crippen LogP contribution in [0.25, 0.3) is 0 Å². The Bertz CT molecular complexity index is 1810. The maximum atomic E-state index is 13.8. The summed E-state index contributed by atoms with van der Waals surface area (Å²) >= 11 is 0. The van der Waals surface area contributed by atoms with Gasteiger partial charge in [-0.3, -0.25) is 19.3 Å². The van der Waals surface area contributed by atoms with Crippen molar-refractivity contribution in [3.63, 3.8) is 0 Å². The van der Waals surface area contributed by atoms with E-state index in [1.165, 1.54) is 12.0 Å². The van der Waals surface area contributed by atoms with Gasteiger partial charge in [-0.1, -0.05) is 12.1 Å². The monoisotopic (exact) mass is 727 g/mol. The predicted molar refractivity (Wildman–Crippen MR) is 207 cm³/mol. The first kappa shape index (κ1) is 39.1. The number of unbranched alkanes of at least 4 members (excludes halogenated alkanes) is 2. The molecule has 4 amide bonds. The molecule has 0 radical (unpaired) electrons. The van der Waals surface area contributed by atoms with Crippen molar-refractivity contribution in [2.75, 3.05) is 75.7 Å². The number of likely N-dealkylation sites (N-methyl/N-ethyl adjacent to an activating group) is 1. The second-order valence-corrected chi connectivity index (χ2v) is 14.8. The molecule has 1 fully saturated rings. The van der Waals surface area contributed by atoms with Gasteiger partial charge in [0.2, 0.25) is 5.91 Å². The number of fused-ring (bicyclic) bond motifs is 1. The molecule has 0 aromatic heterocycles. The smallest absolute Gasteiger partial charge is 0.414 e. The van der Waals surface area contributed by atoms with Crippen LogP contribution in [0.3, 0.4) is 0 Å². The summed E-state index contributed by atoms with van der Waals surface area (Å²) in [4.78, 5) is 59.8. The number of carbonyl (C=O) groups is 4. The molecule has 3 aromatic rings. The number of ether oxygens (including phenoxy) is 3. The van der Waals surface area contributed by atoms with E-state index in [-0.39, 0.29) is 17.7 Å². The van der Waals surface area contributed by atoms with Crippen LogP contribution in [-0.2, 0) is 16.0 Å². The van der Waals surface area contributed by atoms with Crippen LogP contribution in [0.15, 0.2) is 54.6 Å². The first-order chi connectivity index (χ1) is 25.2. The Hall–Kier alpha value is -5.10. The molecule has 0 unspecified atom stereocenters. The van der Waals surface area contributed by atoms with Crippen LogP contribution in [0.5, 0.6) is 11.5 Å². The van der Waals surface area contributed by atoms with E-state index in [2.05, 4.69) is 17.3 Å². The summed E-state index contributed by atoms with van der Waals surface area (Å²) in [6.45, 7) is 11.8. The van der Waals surface area contributed by atoms with Crippen LogP contribution >= 0.6 is 0 Å². The van der Waals surface area contributed by atoms with Crippen molar-refractivity contribution < 1.29 is 33.4 Å². The fraction of sp³-hybridized carbons (Fsp3) is 0.463. The standard InChI is InChI=1S/C41H53N5O7/c1-28-12-17-33(36(25-28)52-24-10-8-9-11-37(47)45-22-20-43(5)21-23-45)44(6)39(49)31-15-16-32(35(27-31)51-7)42-38(48)30-14-13-29-18-19-46(34(29)26-30)40(50)53-41(2,3)4/h12-17,25-27H,8-11,18-24H2,1-7H3,(H,42,48). The average Bonchev–Trinajstić information content (AvgIpc) is 3.56. The highest BCUT2D eigenvalue weighted by Crippen LogP contribution is 2.34. The minimum atomic E-state index is -0.640. The molecule has 1 saturated heterocycles. The number of amides is 4. The van der Waals surface area contributed by atoms with Gasteiger partial charge >= 0.3 is 6.09 Å². The lowest BCUT2D eigenvalue weighted by Crippen LogP contribution is -2.47. The van der Waals surface area contributed by atoms with E-state index in [0.717, 1.165) is 56.6 Å². The second kappa shape index (κ2) is 17.2. The summed E-state index contributed by atoms with van der Waals surface area (Å²) in [6, 6.07) is 15.9. The summed E-state index contributed by atoms with van der Waals surface area (Å²) in [6.07, 6.45) is 3.24. The van der Waals surface area contributed by atoms with Crippen molar-refractivity contribution in [3.05, 3.63) is 76.9 Å². The normalized spacial score (nSPS) is 14.4. The molecule has 284 valence electrons. The van der Waals surface area contributed by atoms with Gasteiger partial charge in [0.05, 0.1) is 30.8 Å². The van der Waals surface area contributed by atoms with Crippen LogP contribution in [0.4, 0.5) is 21.9 Å². The highest BCUT2D eigenvalue weighted by molar-refractivity contribution is 6.09. The van der Waals surface area contributed by atoms with Crippen molar-refractivity contribution in [2.24, 2.45) is 0 Å². The summed E-state index contributed by atoms with van der Waals surface area (Å²) in [7, 11) is 5.25. The van der Waals surface area contributed by atoms with Gasteiger partial charge in [-0.15, -0.1) is 0 Å². The Kier molecular flexibility index (Phi) is 12.7. The molecule has 2 aliphatic rings. The molecule has 0 saturated carbocycles. The molecule has 12 heteroatoms. The van der Waals surface area contributed by atoms with E-state index >= 15 is 0 Å². The van der Waals surface area contributed by atoms with E-state index < -0.39 is 11.7 Å². The number of rotatable bonds is 12. The zero-order valence-electron chi connectivity index (χ0n) is 32.1. The van der Waals surface area contributed by atoms with Gasteiger partial charge in [0.15, 0.2) is 0 Å². The Morgan fingerprint density at radius 1 is 0.849 bits per heavy atom. The number of carbonyl (C=O) groups excluding carboxylic acids is 4. The van der Waals surface area contributed by atoms with Gasteiger partial charge in [-0.05, 0) is 114 Å². The average molecular weight is 728 g/mol. The summed E-state index contributed by atoms with van der Waals surface area (Å²) in [5.41, 5.74) is 3.73. The number of hydrogen-bond donors (Lipinski definition) is 1. The fourth-order valence-corrected chi connectivity index (χ4v) is 6.42. The minimum Gasteiger partial charge on any atom is -0.495 e. The molecule has 0 atom stereocenters. The fourth-order valence-electron chi connectivity index (χ4n) is 6.42. The molecule has 2 heterocycles. The third kappa shape index (κ3) is 10.1. The van der Waals surface area contributed by atoms with Gasteiger partial charge in [-0.2, -0.15) is 0 Å². The number of nitrogens with one attached hydrogen (secondary N) is 1.